The van der Waals surface area contributed by atoms with Gasteiger partial charge in [-0.25, -0.2) is 0 Å². The number of nitrogens with two attached hydrogens (primary N) is 1. The standard InChI is InChI=1S/C17H20N2O/c1-13-11-14(7-8-15(13)18)12-19-9-4-10-20-17-6-3-2-5-16(17)19/h2-3,5-8,11H,4,9-10,12,18H2,1H3. The predicted molar refractivity (Wildman–Crippen MR) is 83.2 cm³/mol. The number of ether oxygens (including phenoxy) is 1. The van der Waals surface area contributed by atoms with E-state index >= 15 is 0 Å². The van der Waals surface area contributed by atoms with Gasteiger partial charge < -0.3 is 15.4 Å². The number of nitrogen functional groups attached to an aromatic ring is 1. The Morgan fingerprint density at radius 1 is 1.20 bits per heavy atom. The first-order valence-corrected chi connectivity index (χ1v) is 7.06. The zero-order chi connectivity index (χ0) is 13.9. The van der Waals surface area contributed by atoms with Crippen molar-refractivity contribution in [3.8, 4) is 5.75 Å². The van der Waals surface area contributed by atoms with E-state index in [-0.39, 0.29) is 0 Å². The Kier molecular flexibility index (Phi) is 3.50. The molecule has 0 unspecified atom stereocenters. The summed E-state index contributed by atoms with van der Waals surface area (Å²) in [5.74, 6) is 0.983. The average molecular weight is 268 g/mol. The van der Waals surface area contributed by atoms with Crippen LogP contribution in [0.5, 0.6) is 5.75 Å². The number of hydrogen-bond donors (Lipinski definition) is 1. The van der Waals surface area contributed by atoms with E-state index in [0.29, 0.717) is 0 Å². The first-order chi connectivity index (χ1) is 9.74. The largest absolute Gasteiger partial charge is 0.491 e. The number of fused-ring (bicyclic) bond motifs is 1. The van der Waals surface area contributed by atoms with E-state index in [1.54, 1.807) is 0 Å². The lowest BCUT2D eigenvalue weighted by atomic mass is 10.1. The summed E-state index contributed by atoms with van der Waals surface area (Å²) in [6, 6.07) is 14.5. The summed E-state index contributed by atoms with van der Waals surface area (Å²) in [5, 5.41) is 0. The Hall–Kier alpha value is -2.16. The molecular formula is C17H20N2O. The molecule has 1 aliphatic rings. The van der Waals surface area contributed by atoms with Gasteiger partial charge in [0, 0.05) is 18.8 Å². The highest BCUT2D eigenvalue weighted by molar-refractivity contribution is 5.59. The lowest BCUT2D eigenvalue weighted by Crippen LogP contribution is -2.23. The highest BCUT2D eigenvalue weighted by Crippen LogP contribution is 2.31. The molecule has 0 fully saturated rings. The van der Waals surface area contributed by atoms with Crippen molar-refractivity contribution in [1.82, 2.24) is 0 Å². The quantitative estimate of drug-likeness (QED) is 0.849. The highest BCUT2D eigenvalue weighted by Gasteiger charge is 2.16. The minimum Gasteiger partial charge on any atom is -0.491 e. The molecule has 0 atom stereocenters. The molecule has 104 valence electrons. The molecule has 0 saturated carbocycles. The summed E-state index contributed by atoms with van der Waals surface area (Å²) in [6.07, 6.45) is 1.04. The molecule has 3 nitrogen and oxygen atoms in total. The zero-order valence-corrected chi connectivity index (χ0v) is 11.8. The van der Waals surface area contributed by atoms with Crippen LogP contribution in [-0.2, 0) is 6.54 Å². The fourth-order valence-electron chi connectivity index (χ4n) is 2.62. The third-order valence-corrected chi connectivity index (χ3v) is 3.74. The van der Waals surface area contributed by atoms with Crippen molar-refractivity contribution in [2.75, 3.05) is 23.8 Å². The van der Waals surface area contributed by atoms with Crippen molar-refractivity contribution in [2.45, 2.75) is 19.9 Å². The molecule has 0 bridgehead atoms. The third kappa shape index (κ3) is 2.57. The number of nitrogens with zero attached hydrogens (tertiary/aromatic N) is 1. The average Bonchev–Trinajstić information content (AvgIpc) is 2.66. The van der Waals surface area contributed by atoms with E-state index in [1.807, 2.05) is 18.2 Å². The molecule has 3 heteroatoms. The molecule has 0 radical (unpaired) electrons. The molecule has 0 spiro atoms. The van der Waals surface area contributed by atoms with Crippen molar-refractivity contribution in [3.63, 3.8) is 0 Å². The van der Waals surface area contributed by atoms with Crippen molar-refractivity contribution in [1.29, 1.82) is 0 Å². The second-order valence-electron chi connectivity index (χ2n) is 5.28. The first kappa shape index (κ1) is 12.9. The number of benzene rings is 2. The van der Waals surface area contributed by atoms with Crippen molar-refractivity contribution in [3.05, 3.63) is 53.6 Å². The van der Waals surface area contributed by atoms with Gasteiger partial charge in [0.25, 0.3) is 0 Å². The van der Waals surface area contributed by atoms with Gasteiger partial charge in [-0.05, 0) is 42.7 Å². The van der Waals surface area contributed by atoms with Crippen LogP contribution >= 0.6 is 0 Å². The minimum atomic E-state index is 0.786. The molecule has 0 aliphatic carbocycles. The second-order valence-corrected chi connectivity index (χ2v) is 5.28. The number of anilines is 2. The summed E-state index contributed by atoms with van der Waals surface area (Å²) in [5.41, 5.74) is 10.4. The van der Waals surface area contributed by atoms with E-state index in [2.05, 4.69) is 36.1 Å². The Labute approximate surface area is 120 Å². The van der Waals surface area contributed by atoms with E-state index in [0.717, 1.165) is 43.1 Å². The second kappa shape index (κ2) is 5.45. The molecule has 0 aromatic heterocycles. The van der Waals surface area contributed by atoms with Gasteiger partial charge >= 0.3 is 0 Å². The first-order valence-electron chi connectivity index (χ1n) is 7.06. The van der Waals surface area contributed by atoms with E-state index in [9.17, 15) is 0 Å². The fourth-order valence-corrected chi connectivity index (χ4v) is 2.62. The van der Waals surface area contributed by atoms with Crippen LogP contribution in [0.1, 0.15) is 17.5 Å². The summed E-state index contributed by atoms with van der Waals surface area (Å²) in [4.78, 5) is 2.38. The molecule has 2 aromatic rings. The normalized spacial score (nSPS) is 14.3. The van der Waals surface area contributed by atoms with Crippen molar-refractivity contribution in [2.24, 2.45) is 0 Å². The topological polar surface area (TPSA) is 38.5 Å². The summed E-state index contributed by atoms with van der Waals surface area (Å²) >= 11 is 0. The van der Waals surface area contributed by atoms with Crippen LogP contribution < -0.4 is 15.4 Å². The zero-order valence-electron chi connectivity index (χ0n) is 11.8. The van der Waals surface area contributed by atoms with Gasteiger partial charge in [-0.3, -0.25) is 0 Å². The van der Waals surface area contributed by atoms with Gasteiger partial charge in [-0.15, -0.1) is 0 Å². The van der Waals surface area contributed by atoms with Crippen LogP contribution in [-0.4, -0.2) is 13.2 Å². The third-order valence-electron chi connectivity index (χ3n) is 3.74. The molecule has 2 aromatic carbocycles. The maximum absolute atomic E-state index is 5.89. The number of hydrogen-bond acceptors (Lipinski definition) is 3. The number of para-hydroxylation sites is 2. The molecule has 0 amide bonds. The minimum absolute atomic E-state index is 0.786. The predicted octanol–water partition coefficient (Wildman–Crippen LogP) is 3.37. The van der Waals surface area contributed by atoms with Gasteiger partial charge in [-0.1, -0.05) is 24.3 Å². The number of rotatable bonds is 2. The van der Waals surface area contributed by atoms with E-state index < -0.39 is 0 Å². The summed E-state index contributed by atoms with van der Waals surface area (Å²) < 4.78 is 5.80. The molecule has 0 saturated heterocycles. The molecule has 2 N–H and O–H groups in total. The maximum Gasteiger partial charge on any atom is 0.142 e. The Morgan fingerprint density at radius 3 is 2.90 bits per heavy atom. The summed E-state index contributed by atoms with van der Waals surface area (Å²) in [7, 11) is 0. The van der Waals surface area contributed by atoms with E-state index in [4.69, 9.17) is 10.5 Å². The molecule has 1 heterocycles. The Bertz CT molecular complexity index is 610. The highest BCUT2D eigenvalue weighted by atomic mass is 16.5. The monoisotopic (exact) mass is 268 g/mol. The number of aryl methyl sites for hydroxylation is 1. The SMILES string of the molecule is Cc1cc(CN2CCCOc3ccccc32)ccc1N. The van der Waals surface area contributed by atoms with Gasteiger partial charge in [0.1, 0.15) is 5.75 Å². The maximum atomic E-state index is 5.89. The van der Waals surface area contributed by atoms with Crippen molar-refractivity contribution >= 4 is 11.4 Å². The Morgan fingerprint density at radius 2 is 2.05 bits per heavy atom. The van der Waals surface area contributed by atoms with Gasteiger partial charge in [-0.2, -0.15) is 0 Å². The fraction of sp³-hybridized carbons (Fsp3) is 0.294. The Balaban J connectivity index is 1.88. The van der Waals surface area contributed by atoms with Crippen LogP contribution in [0, 0.1) is 6.92 Å². The van der Waals surface area contributed by atoms with Gasteiger partial charge in [0.05, 0.1) is 12.3 Å². The lowest BCUT2D eigenvalue weighted by molar-refractivity contribution is 0.322. The van der Waals surface area contributed by atoms with Crippen LogP contribution in [0.4, 0.5) is 11.4 Å². The smallest absolute Gasteiger partial charge is 0.142 e. The van der Waals surface area contributed by atoms with Gasteiger partial charge in [0.15, 0.2) is 0 Å². The summed E-state index contributed by atoms with van der Waals surface area (Å²) in [6.45, 7) is 4.74. The van der Waals surface area contributed by atoms with Crippen molar-refractivity contribution < 1.29 is 4.74 Å². The van der Waals surface area contributed by atoms with Crippen LogP contribution in [0.2, 0.25) is 0 Å². The van der Waals surface area contributed by atoms with Crippen LogP contribution in [0.3, 0.4) is 0 Å². The lowest BCUT2D eigenvalue weighted by Gasteiger charge is -2.24. The molecule has 1 aliphatic heterocycles. The van der Waals surface area contributed by atoms with Gasteiger partial charge in [0.2, 0.25) is 0 Å². The van der Waals surface area contributed by atoms with E-state index in [1.165, 1.54) is 11.3 Å². The van der Waals surface area contributed by atoms with Crippen LogP contribution in [0.15, 0.2) is 42.5 Å². The van der Waals surface area contributed by atoms with Crippen LogP contribution in [0.25, 0.3) is 0 Å². The molecule has 3 rings (SSSR count). The molecular weight excluding hydrogens is 248 g/mol. The molecule has 20 heavy (non-hydrogen) atoms.